The molecule has 1 unspecified atom stereocenters. The third kappa shape index (κ3) is 3.02. The quantitative estimate of drug-likeness (QED) is 0.780. The van der Waals surface area contributed by atoms with Crippen LogP contribution < -0.4 is 4.57 Å². The number of amides is 1. The van der Waals surface area contributed by atoms with Gasteiger partial charge in [0.05, 0.1) is 6.04 Å². The molecule has 0 aromatic carbocycles. The number of hydrogen-bond acceptors (Lipinski definition) is 2. The molecule has 1 saturated heterocycles. The van der Waals surface area contributed by atoms with Crippen LogP contribution in [-0.4, -0.2) is 17.4 Å². The first kappa shape index (κ1) is 14.3. The summed E-state index contributed by atoms with van der Waals surface area (Å²) in [5.41, 5.74) is 1.18. The van der Waals surface area contributed by atoms with Gasteiger partial charge in [-0.2, -0.15) is 0 Å². The van der Waals surface area contributed by atoms with Crippen molar-refractivity contribution in [2.45, 2.75) is 25.3 Å². The van der Waals surface area contributed by atoms with Crippen LogP contribution in [0.5, 0.6) is 0 Å². The number of carbonyl (C=O) groups excluding carboxylic acids is 1. The largest absolute Gasteiger partial charge is 0.444 e. The Balaban J connectivity index is 1.89. The van der Waals surface area contributed by atoms with Crippen LogP contribution in [-0.2, 0) is 7.05 Å². The average molecular weight is 350 g/mol. The van der Waals surface area contributed by atoms with E-state index in [1.54, 1.807) is 12.1 Å². The predicted molar refractivity (Wildman–Crippen MR) is 81.7 cm³/mol. The molecule has 0 saturated carbocycles. The molecule has 2 aromatic heterocycles. The van der Waals surface area contributed by atoms with Crippen molar-refractivity contribution in [2.75, 3.05) is 6.54 Å². The summed E-state index contributed by atoms with van der Waals surface area (Å²) in [4.78, 5) is 14.6. The molecular weight excluding hydrogens is 332 g/mol. The zero-order chi connectivity index (χ0) is 14.8. The fraction of sp³-hybridized carbons (Fsp3) is 0.375. The number of halogens is 1. The Morgan fingerprint density at radius 3 is 2.95 bits per heavy atom. The summed E-state index contributed by atoms with van der Waals surface area (Å²) in [6.07, 6.45) is 7.28. The van der Waals surface area contributed by atoms with Gasteiger partial charge in [-0.05, 0) is 53.4 Å². The van der Waals surface area contributed by atoms with Crippen LogP contribution in [0.2, 0.25) is 0 Å². The van der Waals surface area contributed by atoms with Crippen molar-refractivity contribution in [3.05, 3.63) is 52.7 Å². The lowest BCUT2D eigenvalue weighted by atomic mass is 9.96. The van der Waals surface area contributed by atoms with Crippen molar-refractivity contribution in [3.63, 3.8) is 0 Å². The van der Waals surface area contributed by atoms with Crippen molar-refractivity contribution < 1.29 is 13.8 Å². The topological polar surface area (TPSA) is 37.3 Å². The number of aryl methyl sites for hydroxylation is 1. The van der Waals surface area contributed by atoms with Crippen LogP contribution in [0.4, 0.5) is 0 Å². The van der Waals surface area contributed by atoms with Gasteiger partial charge in [0.1, 0.15) is 7.05 Å². The van der Waals surface area contributed by atoms with Crippen molar-refractivity contribution in [2.24, 2.45) is 7.05 Å². The highest BCUT2D eigenvalue weighted by atomic mass is 79.9. The standard InChI is InChI=1S/C16H18BrN2O2/c1-18-9-4-5-12(11-18)13-6-2-3-10-19(13)16(20)14-7-8-15(17)21-14/h4-5,7-9,11,13H,2-3,6,10H2,1H3/q+1. The molecule has 2 aromatic rings. The summed E-state index contributed by atoms with van der Waals surface area (Å²) in [7, 11) is 2.00. The van der Waals surface area contributed by atoms with Gasteiger partial charge in [0, 0.05) is 18.2 Å². The van der Waals surface area contributed by atoms with E-state index in [-0.39, 0.29) is 11.9 Å². The SMILES string of the molecule is C[n+]1cccc(C2CCCCN2C(=O)c2ccc(Br)o2)c1. The van der Waals surface area contributed by atoms with Crippen molar-refractivity contribution >= 4 is 21.8 Å². The molecule has 4 nitrogen and oxygen atoms in total. The molecule has 110 valence electrons. The van der Waals surface area contributed by atoms with E-state index in [2.05, 4.69) is 28.2 Å². The Hall–Kier alpha value is -1.62. The fourth-order valence-electron chi connectivity index (χ4n) is 2.90. The van der Waals surface area contributed by atoms with Crippen LogP contribution in [0.25, 0.3) is 0 Å². The van der Waals surface area contributed by atoms with Gasteiger partial charge in [-0.1, -0.05) is 0 Å². The predicted octanol–water partition coefficient (Wildman–Crippen LogP) is 3.23. The van der Waals surface area contributed by atoms with E-state index in [0.717, 1.165) is 25.8 Å². The number of pyridine rings is 1. The maximum atomic E-state index is 12.7. The van der Waals surface area contributed by atoms with Crippen molar-refractivity contribution in [1.29, 1.82) is 0 Å². The number of rotatable bonds is 2. The minimum Gasteiger partial charge on any atom is -0.444 e. The first-order chi connectivity index (χ1) is 10.1. The number of likely N-dealkylation sites (tertiary alicyclic amines) is 1. The Bertz CT molecular complexity index is 653. The Morgan fingerprint density at radius 1 is 1.38 bits per heavy atom. The number of aromatic nitrogens is 1. The number of furan rings is 1. The fourth-order valence-corrected chi connectivity index (χ4v) is 3.21. The minimum atomic E-state index is -0.0306. The molecule has 1 atom stereocenters. The van der Waals surface area contributed by atoms with Gasteiger partial charge in [-0.15, -0.1) is 0 Å². The lowest BCUT2D eigenvalue weighted by Gasteiger charge is -2.34. The Morgan fingerprint density at radius 2 is 2.24 bits per heavy atom. The zero-order valence-corrected chi connectivity index (χ0v) is 13.5. The molecule has 3 rings (SSSR count). The highest BCUT2D eigenvalue weighted by Crippen LogP contribution is 2.32. The smallest absolute Gasteiger partial charge is 0.290 e. The first-order valence-corrected chi connectivity index (χ1v) is 7.96. The monoisotopic (exact) mass is 349 g/mol. The third-order valence-electron chi connectivity index (χ3n) is 3.90. The van der Waals surface area contributed by atoms with E-state index in [1.165, 1.54) is 5.56 Å². The summed E-state index contributed by atoms with van der Waals surface area (Å²) < 4.78 is 8.04. The van der Waals surface area contributed by atoms with Crippen molar-refractivity contribution in [3.8, 4) is 0 Å². The molecule has 0 bridgehead atoms. The molecule has 1 fully saturated rings. The van der Waals surface area contributed by atoms with Crippen LogP contribution in [0, 0.1) is 0 Å². The van der Waals surface area contributed by atoms with Gasteiger partial charge in [0.2, 0.25) is 0 Å². The molecule has 0 spiro atoms. The molecule has 1 aliphatic rings. The summed E-state index contributed by atoms with van der Waals surface area (Å²) in [5, 5.41) is 0. The second kappa shape index (κ2) is 6.02. The van der Waals surface area contributed by atoms with Gasteiger partial charge in [-0.25, -0.2) is 4.57 Å². The summed E-state index contributed by atoms with van der Waals surface area (Å²) in [6, 6.07) is 7.73. The molecular formula is C16H18BrN2O2+. The summed E-state index contributed by atoms with van der Waals surface area (Å²) in [5.74, 6) is 0.367. The Labute approximate surface area is 132 Å². The molecule has 3 heterocycles. The maximum absolute atomic E-state index is 12.7. The van der Waals surface area contributed by atoms with E-state index >= 15 is 0 Å². The normalized spacial score (nSPS) is 18.8. The minimum absolute atomic E-state index is 0.0306. The van der Waals surface area contributed by atoms with E-state index in [0.29, 0.717) is 10.4 Å². The van der Waals surface area contributed by atoms with E-state index in [1.807, 2.05) is 28.8 Å². The molecule has 0 aliphatic carbocycles. The number of piperidine rings is 1. The van der Waals surface area contributed by atoms with Gasteiger partial charge in [0.15, 0.2) is 22.8 Å². The number of nitrogens with zero attached hydrogens (tertiary/aromatic N) is 2. The first-order valence-electron chi connectivity index (χ1n) is 7.16. The lowest BCUT2D eigenvalue weighted by molar-refractivity contribution is -0.672. The third-order valence-corrected chi connectivity index (χ3v) is 4.32. The van der Waals surface area contributed by atoms with Gasteiger partial charge < -0.3 is 9.32 Å². The van der Waals surface area contributed by atoms with E-state index in [4.69, 9.17) is 4.42 Å². The van der Waals surface area contributed by atoms with Crippen molar-refractivity contribution in [1.82, 2.24) is 4.90 Å². The van der Waals surface area contributed by atoms with Crippen LogP contribution >= 0.6 is 15.9 Å². The molecule has 5 heteroatoms. The summed E-state index contributed by atoms with van der Waals surface area (Å²) >= 11 is 3.25. The van der Waals surface area contributed by atoms with Crippen LogP contribution in [0.15, 0.2) is 45.7 Å². The lowest BCUT2D eigenvalue weighted by Crippen LogP contribution is -2.39. The van der Waals surface area contributed by atoms with Crippen LogP contribution in [0.3, 0.4) is 0 Å². The second-order valence-corrected chi connectivity index (χ2v) is 6.20. The number of hydrogen-bond donors (Lipinski definition) is 0. The van der Waals surface area contributed by atoms with Gasteiger partial charge in [-0.3, -0.25) is 4.79 Å². The molecule has 0 radical (unpaired) electrons. The average Bonchev–Trinajstić information content (AvgIpc) is 2.93. The number of carbonyl (C=O) groups is 1. The zero-order valence-electron chi connectivity index (χ0n) is 12.0. The molecule has 0 N–H and O–H groups in total. The molecule has 21 heavy (non-hydrogen) atoms. The second-order valence-electron chi connectivity index (χ2n) is 5.42. The Kier molecular flexibility index (Phi) is 4.10. The van der Waals surface area contributed by atoms with Gasteiger partial charge >= 0.3 is 0 Å². The van der Waals surface area contributed by atoms with Gasteiger partial charge in [0.25, 0.3) is 5.91 Å². The maximum Gasteiger partial charge on any atom is 0.290 e. The molecule has 1 amide bonds. The van der Waals surface area contributed by atoms with E-state index < -0.39 is 0 Å². The van der Waals surface area contributed by atoms with Crippen LogP contribution in [0.1, 0.15) is 41.4 Å². The highest BCUT2D eigenvalue weighted by molar-refractivity contribution is 9.10. The summed E-state index contributed by atoms with van der Waals surface area (Å²) in [6.45, 7) is 0.778. The molecule has 1 aliphatic heterocycles. The van der Waals surface area contributed by atoms with E-state index in [9.17, 15) is 4.79 Å². The highest BCUT2D eigenvalue weighted by Gasteiger charge is 2.31.